The number of aryl methyl sites for hydroxylation is 1. The number of benzene rings is 1. The second-order valence-electron chi connectivity index (χ2n) is 4.49. The largest absolute Gasteiger partial charge is 0.479 e. The summed E-state index contributed by atoms with van der Waals surface area (Å²) in [7, 11) is 0. The molecule has 5 nitrogen and oxygen atoms in total. The van der Waals surface area contributed by atoms with Crippen LogP contribution in [0.1, 0.15) is 22.2 Å². The Balaban J connectivity index is 2.06. The number of carboxylic acid groups (broad SMARTS) is 1. The van der Waals surface area contributed by atoms with Gasteiger partial charge in [0, 0.05) is 6.54 Å². The Kier molecular flexibility index (Phi) is 2.94. The summed E-state index contributed by atoms with van der Waals surface area (Å²) in [4.78, 5) is 13.5. The molecule has 1 aliphatic heterocycles. The Bertz CT molecular complexity index is 626. The van der Waals surface area contributed by atoms with Crippen LogP contribution in [0.3, 0.4) is 0 Å². The molecule has 1 atom stereocenters. The fourth-order valence-corrected chi connectivity index (χ4v) is 3.18. The topological polar surface area (TPSA) is 66.3 Å². The molecule has 1 aromatic carbocycles. The van der Waals surface area contributed by atoms with E-state index >= 15 is 0 Å². The first-order valence-corrected chi connectivity index (χ1v) is 6.86. The number of fused-ring (bicyclic) bond motifs is 1. The number of hydrogen-bond donors (Lipinski definition) is 1. The van der Waals surface area contributed by atoms with Gasteiger partial charge in [-0.2, -0.15) is 0 Å². The van der Waals surface area contributed by atoms with Crippen molar-refractivity contribution >= 4 is 22.4 Å². The molecule has 3 rings (SSSR count). The first kappa shape index (κ1) is 12.1. The molecule has 19 heavy (non-hydrogen) atoms. The van der Waals surface area contributed by atoms with E-state index in [4.69, 9.17) is 0 Å². The molecule has 0 saturated carbocycles. The molecule has 0 radical (unpaired) electrons. The van der Waals surface area contributed by atoms with Crippen LogP contribution in [0.2, 0.25) is 0 Å². The highest BCUT2D eigenvalue weighted by Crippen LogP contribution is 2.35. The molecule has 0 bridgehead atoms. The lowest BCUT2D eigenvalue weighted by molar-refractivity contribution is -0.138. The molecule has 0 amide bonds. The number of anilines is 1. The van der Waals surface area contributed by atoms with Gasteiger partial charge in [0.05, 0.1) is 0 Å². The van der Waals surface area contributed by atoms with E-state index in [9.17, 15) is 9.90 Å². The van der Waals surface area contributed by atoms with Crippen LogP contribution >= 0.6 is 11.3 Å². The minimum atomic E-state index is -0.847. The van der Waals surface area contributed by atoms with Crippen LogP contribution in [0.25, 0.3) is 0 Å². The quantitative estimate of drug-likeness (QED) is 0.908. The van der Waals surface area contributed by atoms with E-state index in [1.807, 2.05) is 36.1 Å². The highest BCUT2D eigenvalue weighted by Gasteiger charge is 2.34. The zero-order valence-electron chi connectivity index (χ0n) is 10.4. The predicted octanol–water partition coefficient (Wildman–Crippen LogP) is 2.03. The van der Waals surface area contributed by atoms with Gasteiger partial charge in [0.1, 0.15) is 5.01 Å². The van der Waals surface area contributed by atoms with Crippen LogP contribution in [0.4, 0.5) is 5.13 Å². The van der Waals surface area contributed by atoms with Crippen LogP contribution < -0.4 is 4.90 Å². The third kappa shape index (κ3) is 2.08. The second-order valence-corrected chi connectivity index (χ2v) is 5.65. The minimum Gasteiger partial charge on any atom is -0.479 e. The first-order valence-electron chi connectivity index (χ1n) is 6.04. The highest BCUT2D eigenvalue weighted by atomic mass is 32.1. The van der Waals surface area contributed by atoms with E-state index in [0.717, 1.165) is 22.6 Å². The SMILES string of the molecule is Cc1nnc(N2CCc3ccccc3C2C(=O)O)s1. The molecular formula is C13H13N3O2S. The molecule has 98 valence electrons. The molecule has 1 aromatic heterocycles. The molecule has 2 heterocycles. The highest BCUT2D eigenvalue weighted by molar-refractivity contribution is 7.15. The fourth-order valence-electron chi connectivity index (χ4n) is 2.44. The molecule has 6 heteroatoms. The molecule has 2 aromatic rings. The number of carbonyl (C=O) groups is 1. The second kappa shape index (κ2) is 4.62. The van der Waals surface area contributed by atoms with Gasteiger partial charge < -0.3 is 10.0 Å². The molecule has 0 spiro atoms. The Morgan fingerprint density at radius 3 is 2.89 bits per heavy atom. The van der Waals surface area contributed by atoms with Crippen LogP contribution in [0, 0.1) is 6.92 Å². The molecule has 1 aliphatic rings. The summed E-state index contributed by atoms with van der Waals surface area (Å²) in [5.74, 6) is -0.847. The Labute approximate surface area is 114 Å². The zero-order valence-corrected chi connectivity index (χ0v) is 11.2. The Morgan fingerprint density at radius 2 is 2.21 bits per heavy atom. The zero-order chi connectivity index (χ0) is 13.4. The Hall–Kier alpha value is -1.95. The van der Waals surface area contributed by atoms with Crippen molar-refractivity contribution in [3.05, 3.63) is 40.4 Å². The summed E-state index contributed by atoms with van der Waals surface area (Å²) >= 11 is 1.43. The number of hydrogen-bond acceptors (Lipinski definition) is 5. The monoisotopic (exact) mass is 275 g/mol. The van der Waals surface area contributed by atoms with Crippen LogP contribution in [-0.2, 0) is 11.2 Å². The van der Waals surface area contributed by atoms with Gasteiger partial charge in [-0.15, -0.1) is 10.2 Å². The van der Waals surface area contributed by atoms with Gasteiger partial charge in [-0.05, 0) is 24.5 Å². The maximum absolute atomic E-state index is 11.6. The van der Waals surface area contributed by atoms with Crippen LogP contribution in [0.15, 0.2) is 24.3 Å². The average molecular weight is 275 g/mol. The van der Waals surface area contributed by atoms with Gasteiger partial charge in [-0.3, -0.25) is 0 Å². The van der Waals surface area contributed by atoms with E-state index in [1.165, 1.54) is 11.3 Å². The van der Waals surface area contributed by atoms with Crippen molar-refractivity contribution in [3.63, 3.8) is 0 Å². The molecular weight excluding hydrogens is 262 g/mol. The summed E-state index contributed by atoms with van der Waals surface area (Å²) in [6.45, 7) is 2.53. The van der Waals surface area contributed by atoms with E-state index in [-0.39, 0.29) is 0 Å². The molecule has 1 unspecified atom stereocenters. The maximum Gasteiger partial charge on any atom is 0.331 e. The summed E-state index contributed by atoms with van der Waals surface area (Å²) < 4.78 is 0. The summed E-state index contributed by atoms with van der Waals surface area (Å²) in [5, 5.41) is 19.1. The summed E-state index contributed by atoms with van der Waals surface area (Å²) in [6, 6.07) is 7.03. The number of aliphatic carboxylic acids is 1. The predicted molar refractivity (Wildman–Crippen MR) is 72.5 cm³/mol. The molecule has 0 fully saturated rings. The van der Waals surface area contributed by atoms with Crippen molar-refractivity contribution in [1.29, 1.82) is 0 Å². The summed E-state index contributed by atoms with van der Waals surface area (Å²) in [5.41, 5.74) is 1.96. The lowest BCUT2D eigenvalue weighted by Crippen LogP contribution is -2.39. The maximum atomic E-state index is 11.6. The normalized spacial score (nSPS) is 18.2. The van der Waals surface area contributed by atoms with Gasteiger partial charge >= 0.3 is 5.97 Å². The Morgan fingerprint density at radius 1 is 1.42 bits per heavy atom. The standard InChI is InChI=1S/C13H13N3O2S/c1-8-14-15-13(19-8)16-7-6-9-4-2-3-5-10(9)11(16)12(17)18/h2-5,11H,6-7H2,1H3,(H,17,18). The average Bonchev–Trinajstić information content (AvgIpc) is 2.83. The van der Waals surface area contributed by atoms with Gasteiger partial charge in [-0.1, -0.05) is 35.6 Å². The fraction of sp³-hybridized carbons (Fsp3) is 0.308. The third-order valence-corrected chi connectivity index (χ3v) is 4.15. The number of nitrogens with zero attached hydrogens (tertiary/aromatic N) is 3. The number of carboxylic acids is 1. The van der Waals surface area contributed by atoms with Gasteiger partial charge in [-0.25, -0.2) is 4.79 Å². The number of aromatic nitrogens is 2. The van der Waals surface area contributed by atoms with Gasteiger partial charge in [0.25, 0.3) is 0 Å². The van der Waals surface area contributed by atoms with E-state index in [0.29, 0.717) is 11.7 Å². The van der Waals surface area contributed by atoms with Crippen molar-refractivity contribution in [2.24, 2.45) is 0 Å². The van der Waals surface area contributed by atoms with Crippen LogP contribution in [-0.4, -0.2) is 27.8 Å². The van der Waals surface area contributed by atoms with E-state index in [1.54, 1.807) is 0 Å². The first-order chi connectivity index (χ1) is 9.16. The minimum absolute atomic E-state index is 0.655. The van der Waals surface area contributed by atoms with Crippen LogP contribution in [0.5, 0.6) is 0 Å². The lowest BCUT2D eigenvalue weighted by Gasteiger charge is -2.34. The third-order valence-electron chi connectivity index (χ3n) is 3.28. The van der Waals surface area contributed by atoms with Gasteiger partial charge in [0.15, 0.2) is 6.04 Å². The molecule has 0 aliphatic carbocycles. The van der Waals surface area contributed by atoms with E-state index < -0.39 is 12.0 Å². The van der Waals surface area contributed by atoms with Crippen molar-refractivity contribution < 1.29 is 9.90 Å². The van der Waals surface area contributed by atoms with E-state index in [2.05, 4.69) is 10.2 Å². The van der Waals surface area contributed by atoms with Gasteiger partial charge in [0.2, 0.25) is 5.13 Å². The van der Waals surface area contributed by atoms with Crippen molar-refractivity contribution in [1.82, 2.24) is 10.2 Å². The number of rotatable bonds is 2. The van der Waals surface area contributed by atoms with Crippen molar-refractivity contribution in [3.8, 4) is 0 Å². The van der Waals surface area contributed by atoms with Crippen molar-refractivity contribution in [2.45, 2.75) is 19.4 Å². The molecule has 1 N–H and O–H groups in total. The molecule has 0 saturated heterocycles. The lowest BCUT2D eigenvalue weighted by atomic mass is 9.93. The smallest absolute Gasteiger partial charge is 0.331 e. The summed E-state index contributed by atoms with van der Waals surface area (Å²) in [6.07, 6.45) is 0.832. The van der Waals surface area contributed by atoms with Crippen molar-refractivity contribution in [2.75, 3.05) is 11.4 Å².